The van der Waals surface area contributed by atoms with Crippen LogP contribution in [0.4, 0.5) is 20.2 Å². The molecule has 1 aromatic carbocycles. The molecule has 0 radical (unpaired) electrons. The van der Waals surface area contributed by atoms with E-state index in [4.69, 9.17) is 0 Å². The molecule has 4 nitrogen and oxygen atoms in total. The maximum Gasteiger partial charge on any atom is 0.327 e. The van der Waals surface area contributed by atoms with Crippen LogP contribution in [0.25, 0.3) is 0 Å². The van der Waals surface area contributed by atoms with Crippen molar-refractivity contribution in [1.82, 2.24) is 0 Å². The first-order chi connectivity index (χ1) is 9.49. The van der Waals surface area contributed by atoms with Gasteiger partial charge in [0.15, 0.2) is 0 Å². The average Bonchev–Trinajstić information content (AvgIpc) is 2.37. The number of hydrogen-bond acceptors (Lipinski definition) is 3. The molecule has 0 aliphatic heterocycles. The van der Waals surface area contributed by atoms with Crippen LogP contribution in [0.2, 0.25) is 0 Å². The molecule has 0 aliphatic rings. The molecule has 0 aromatic heterocycles. The first kappa shape index (κ1) is 16.3. The second-order valence-electron chi connectivity index (χ2n) is 4.84. The van der Waals surface area contributed by atoms with Crippen molar-refractivity contribution in [3.05, 3.63) is 33.9 Å². The van der Waals surface area contributed by atoms with Gasteiger partial charge in [0.25, 0.3) is 0 Å². The van der Waals surface area contributed by atoms with Gasteiger partial charge in [0, 0.05) is 18.7 Å². The van der Waals surface area contributed by atoms with E-state index >= 15 is 0 Å². The maximum atomic E-state index is 13.4. The van der Waals surface area contributed by atoms with E-state index in [0.717, 1.165) is 31.7 Å². The van der Waals surface area contributed by atoms with Gasteiger partial charge in [0.2, 0.25) is 5.82 Å². The molecule has 1 aromatic rings. The van der Waals surface area contributed by atoms with Crippen molar-refractivity contribution in [2.24, 2.45) is 5.92 Å². The minimum atomic E-state index is -1.15. The van der Waals surface area contributed by atoms with Crippen LogP contribution in [0.1, 0.15) is 39.5 Å². The fourth-order valence-corrected chi connectivity index (χ4v) is 2.08. The number of halogens is 2. The quantitative estimate of drug-likeness (QED) is 0.565. The van der Waals surface area contributed by atoms with Crippen LogP contribution in [0, 0.1) is 27.7 Å². The average molecular weight is 286 g/mol. The molecule has 1 N–H and O–H groups in total. The van der Waals surface area contributed by atoms with Gasteiger partial charge in [-0.2, -0.15) is 4.39 Å². The number of anilines is 1. The number of rotatable bonds is 8. The summed E-state index contributed by atoms with van der Waals surface area (Å²) >= 11 is 0. The zero-order chi connectivity index (χ0) is 15.1. The van der Waals surface area contributed by atoms with Gasteiger partial charge in [-0.15, -0.1) is 0 Å². The summed E-state index contributed by atoms with van der Waals surface area (Å²) in [4.78, 5) is 10.0. The summed E-state index contributed by atoms with van der Waals surface area (Å²) in [5.41, 5.74) is -0.792. The van der Waals surface area contributed by atoms with Crippen LogP contribution in [0.3, 0.4) is 0 Å². The number of nitrogens with zero attached hydrogens (tertiary/aromatic N) is 1. The molecule has 20 heavy (non-hydrogen) atoms. The van der Waals surface area contributed by atoms with Gasteiger partial charge >= 0.3 is 5.69 Å². The Morgan fingerprint density at radius 1 is 1.35 bits per heavy atom. The smallest absolute Gasteiger partial charge is 0.327 e. The monoisotopic (exact) mass is 286 g/mol. The van der Waals surface area contributed by atoms with E-state index in [1.54, 1.807) is 0 Å². The number of nitro benzene ring substituents is 1. The van der Waals surface area contributed by atoms with Gasteiger partial charge in [-0.1, -0.05) is 33.1 Å². The van der Waals surface area contributed by atoms with Crippen LogP contribution in [-0.4, -0.2) is 11.5 Å². The van der Waals surface area contributed by atoms with Crippen molar-refractivity contribution in [3.8, 4) is 0 Å². The van der Waals surface area contributed by atoms with Crippen LogP contribution in [-0.2, 0) is 0 Å². The number of unbranched alkanes of at least 4 members (excludes halogenated alkanes) is 1. The topological polar surface area (TPSA) is 55.2 Å². The van der Waals surface area contributed by atoms with E-state index < -0.39 is 22.2 Å². The molecule has 1 rings (SSSR count). The van der Waals surface area contributed by atoms with Gasteiger partial charge in [0.1, 0.15) is 11.5 Å². The van der Waals surface area contributed by atoms with Crippen molar-refractivity contribution in [3.63, 3.8) is 0 Å². The van der Waals surface area contributed by atoms with Crippen LogP contribution in [0.5, 0.6) is 0 Å². The fourth-order valence-electron chi connectivity index (χ4n) is 2.08. The Morgan fingerprint density at radius 2 is 2.05 bits per heavy atom. The highest BCUT2D eigenvalue weighted by Crippen LogP contribution is 2.29. The number of benzene rings is 1. The summed E-state index contributed by atoms with van der Waals surface area (Å²) in [7, 11) is 0. The minimum absolute atomic E-state index is 0.0950. The minimum Gasteiger partial charge on any atom is -0.379 e. The molecule has 112 valence electrons. The first-order valence-electron chi connectivity index (χ1n) is 6.86. The van der Waals surface area contributed by atoms with E-state index in [9.17, 15) is 18.9 Å². The Morgan fingerprint density at radius 3 is 2.60 bits per heavy atom. The molecule has 0 saturated carbocycles. The third kappa shape index (κ3) is 4.43. The second kappa shape index (κ2) is 7.77. The molecule has 6 heteroatoms. The number of nitrogens with one attached hydrogen (secondary N) is 1. The predicted molar refractivity (Wildman–Crippen MR) is 74.8 cm³/mol. The molecular weight excluding hydrogens is 266 g/mol. The molecule has 0 heterocycles. The Balaban J connectivity index is 2.83. The predicted octanol–water partition coefficient (Wildman–Crippen LogP) is 4.50. The van der Waals surface area contributed by atoms with Crippen LogP contribution in [0.15, 0.2) is 12.1 Å². The van der Waals surface area contributed by atoms with Crippen LogP contribution < -0.4 is 5.32 Å². The molecule has 0 amide bonds. The summed E-state index contributed by atoms with van der Waals surface area (Å²) in [5.74, 6) is -1.64. The molecular formula is C14H20F2N2O2. The maximum absolute atomic E-state index is 13.4. The van der Waals surface area contributed by atoms with Crippen LogP contribution >= 0.6 is 0 Å². The second-order valence-corrected chi connectivity index (χ2v) is 4.84. The summed E-state index contributed by atoms with van der Waals surface area (Å²) < 4.78 is 26.6. The molecule has 0 bridgehead atoms. The van der Waals surface area contributed by atoms with E-state index in [-0.39, 0.29) is 5.69 Å². The highest BCUT2D eigenvalue weighted by Gasteiger charge is 2.22. The lowest BCUT2D eigenvalue weighted by Gasteiger charge is -2.16. The zero-order valence-corrected chi connectivity index (χ0v) is 11.8. The van der Waals surface area contributed by atoms with E-state index in [1.165, 1.54) is 0 Å². The highest BCUT2D eigenvalue weighted by molar-refractivity contribution is 5.62. The summed E-state index contributed by atoms with van der Waals surface area (Å²) in [5, 5.41) is 13.7. The van der Waals surface area contributed by atoms with Crippen molar-refractivity contribution in [2.45, 2.75) is 39.5 Å². The van der Waals surface area contributed by atoms with E-state index in [0.29, 0.717) is 18.5 Å². The van der Waals surface area contributed by atoms with Crippen molar-refractivity contribution < 1.29 is 13.7 Å². The lowest BCUT2D eigenvalue weighted by molar-refractivity contribution is -0.386. The van der Waals surface area contributed by atoms with Gasteiger partial charge in [0.05, 0.1) is 4.92 Å². The molecule has 1 atom stereocenters. The third-order valence-electron chi connectivity index (χ3n) is 3.34. The Bertz CT molecular complexity index is 467. The molecule has 0 fully saturated rings. The van der Waals surface area contributed by atoms with Crippen molar-refractivity contribution in [1.29, 1.82) is 0 Å². The van der Waals surface area contributed by atoms with Gasteiger partial charge < -0.3 is 5.32 Å². The lowest BCUT2D eigenvalue weighted by atomic mass is 9.99. The van der Waals surface area contributed by atoms with E-state index in [1.807, 2.05) is 6.92 Å². The third-order valence-corrected chi connectivity index (χ3v) is 3.34. The SMILES string of the molecule is CCCCC(CC)CNc1cc(F)cc(F)c1[N+](=O)[O-]. The Hall–Kier alpha value is -1.72. The highest BCUT2D eigenvalue weighted by atomic mass is 19.1. The fraction of sp³-hybridized carbons (Fsp3) is 0.571. The zero-order valence-electron chi connectivity index (χ0n) is 11.8. The molecule has 1 unspecified atom stereocenters. The van der Waals surface area contributed by atoms with E-state index in [2.05, 4.69) is 12.2 Å². The van der Waals surface area contributed by atoms with Gasteiger partial charge in [-0.3, -0.25) is 10.1 Å². The standard InChI is InChI=1S/C14H20F2N2O2/c1-3-5-6-10(4-2)9-17-13-8-11(15)7-12(16)14(13)18(19)20/h7-8,10,17H,3-6,9H2,1-2H3. The Kier molecular flexibility index (Phi) is 6.35. The van der Waals surface area contributed by atoms with Gasteiger partial charge in [-0.05, 0) is 12.3 Å². The normalized spacial score (nSPS) is 12.2. The largest absolute Gasteiger partial charge is 0.379 e. The molecule has 0 spiro atoms. The van der Waals surface area contributed by atoms with Crippen molar-refractivity contribution in [2.75, 3.05) is 11.9 Å². The number of nitro groups is 1. The molecule has 0 saturated heterocycles. The summed E-state index contributed by atoms with van der Waals surface area (Å²) in [6.07, 6.45) is 4.05. The lowest BCUT2D eigenvalue weighted by Crippen LogP contribution is -2.15. The van der Waals surface area contributed by atoms with Gasteiger partial charge in [-0.25, -0.2) is 4.39 Å². The molecule has 0 aliphatic carbocycles. The summed E-state index contributed by atoms with van der Waals surface area (Å²) in [6, 6.07) is 1.49. The van der Waals surface area contributed by atoms with Crippen molar-refractivity contribution >= 4 is 11.4 Å². The number of hydrogen-bond donors (Lipinski definition) is 1. The first-order valence-corrected chi connectivity index (χ1v) is 6.86. The Labute approximate surface area is 117 Å². The summed E-state index contributed by atoms with van der Waals surface area (Å²) in [6.45, 7) is 4.59.